The van der Waals surface area contributed by atoms with E-state index >= 15 is 0 Å². The molecule has 1 aromatic rings. The predicted octanol–water partition coefficient (Wildman–Crippen LogP) is 3.02. The average molecular weight is 269 g/mol. The number of benzene rings is 1. The predicted molar refractivity (Wildman–Crippen MR) is 77.1 cm³/mol. The lowest BCUT2D eigenvalue weighted by Gasteiger charge is -2.31. The van der Waals surface area contributed by atoms with Crippen molar-refractivity contribution in [2.24, 2.45) is 5.73 Å². The SMILES string of the molecule is Cc1cccc(NC(=O)C2(N)CCCCC2)c1.Cl. The summed E-state index contributed by atoms with van der Waals surface area (Å²) in [5, 5.41) is 2.93. The standard InChI is InChI=1S/C14H20N2O.ClH/c1-11-6-5-7-12(10-11)16-13(17)14(15)8-3-2-4-9-14;/h5-7,10H,2-4,8-9,15H2,1H3,(H,16,17);1H. The number of carbonyl (C=O) groups excluding carboxylic acids is 1. The highest BCUT2D eigenvalue weighted by molar-refractivity contribution is 5.98. The summed E-state index contributed by atoms with van der Waals surface area (Å²) in [6.07, 6.45) is 4.89. The van der Waals surface area contributed by atoms with Crippen molar-refractivity contribution in [2.75, 3.05) is 5.32 Å². The van der Waals surface area contributed by atoms with E-state index in [9.17, 15) is 4.79 Å². The van der Waals surface area contributed by atoms with E-state index in [4.69, 9.17) is 5.73 Å². The first-order valence-electron chi connectivity index (χ1n) is 6.27. The molecule has 0 unspecified atom stereocenters. The number of aryl methyl sites for hydroxylation is 1. The second-order valence-corrected chi connectivity index (χ2v) is 5.04. The zero-order chi connectivity index (χ0) is 12.3. The van der Waals surface area contributed by atoms with Gasteiger partial charge in [0.15, 0.2) is 0 Å². The van der Waals surface area contributed by atoms with Gasteiger partial charge in [0.05, 0.1) is 5.54 Å². The number of anilines is 1. The maximum Gasteiger partial charge on any atom is 0.244 e. The molecule has 0 aromatic heterocycles. The van der Waals surface area contributed by atoms with Crippen molar-refractivity contribution in [1.29, 1.82) is 0 Å². The Bertz CT molecular complexity index is 414. The number of nitrogens with two attached hydrogens (primary N) is 1. The van der Waals surface area contributed by atoms with Crippen LogP contribution in [0.2, 0.25) is 0 Å². The summed E-state index contributed by atoms with van der Waals surface area (Å²) in [7, 11) is 0. The molecular formula is C14H21ClN2O. The number of nitrogens with one attached hydrogen (secondary N) is 1. The fourth-order valence-corrected chi connectivity index (χ4v) is 2.39. The summed E-state index contributed by atoms with van der Waals surface area (Å²) in [5.41, 5.74) is 7.49. The van der Waals surface area contributed by atoms with E-state index in [1.165, 1.54) is 6.42 Å². The van der Waals surface area contributed by atoms with Gasteiger partial charge in [-0.2, -0.15) is 0 Å². The molecule has 0 saturated heterocycles. The molecule has 0 aliphatic heterocycles. The molecule has 1 aliphatic carbocycles. The highest BCUT2D eigenvalue weighted by Gasteiger charge is 2.35. The van der Waals surface area contributed by atoms with Crippen LogP contribution in [0.1, 0.15) is 37.7 Å². The second kappa shape index (κ2) is 6.21. The van der Waals surface area contributed by atoms with Gasteiger partial charge in [0.2, 0.25) is 5.91 Å². The molecule has 0 heterocycles. The highest BCUT2D eigenvalue weighted by atomic mass is 35.5. The van der Waals surface area contributed by atoms with Crippen molar-refractivity contribution in [3.8, 4) is 0 Å². The Hall–Kier alpha value is -1.06. The van der Waals surface area contributed by atoms with Crippen LogP contribution in [0.5, 0.6) is 0 Å². The van der Waals surface area contributed by atoms with Crippen LogP contribution in [0.3, 0.4) is 0 Å². The molecule has 100 valence electrons. The molecule has 4 heteroatoms. The van der Waals surface area contributed by atoms with Crippen LogP contribution in [0.4, 0.5) is 5.69 Å². The first-order valence-corrected chi connectivity index (χ1v) is 6.27. The Balaban J connectivity index is 0.00000162. The molecule has 0 radical (unpaired) electrons. The van der Waals surface area contributed by atoms with E-state index in [0.717, 1.165) is 36.9 Å². The molecule has 0 atom stereocenters. The van der Waals surface area contributed by atoms with Crippen molar-refractivity contribution in [3.63, 3.8) is 0 Å². The molecule has 2 rings (SSSR count). The van der Waals surface area contributed by atoms with Crippen molar-refractivity contribution in [2.45, 2.75) is 44.6 Å². The van der Waals surface area contributed by atoms with Gasteiger partial charge < -0.3 is 11.1 Å². The molecule has 1 fully saturated rings. The third kappa shape index (κ3) is 3.47. The summed E-state index contributed by atoms with van der Waals surface area (Å²) in [4.78, 5) is 12.2. The molecule has 1 amide bonds. The molecule has 1 aliphatic rings. The fraction of sp³-hybridized carbons (Fsp3) is 0.500. The number of rotatable bonds is 2. The Morgan fingerprint density at radius 1 is 1.28 bits per heavy atom. The average Bonchev–Trinajstić information content (AvgIpc) is 2.30. The van der Waals surface area contributed by atoms with Crippen molar-refractivity contribution < 1.29 is 4.79 Å². The van der Waals surface area contributed by atoms with E-state index < -0.39 is 5.54 Å². The third-order valence-corrected chi connectivity index (χ3v) is 3.47. The Morgan fingerprint density at radius 2 is 1.94 bits per heavy atom. The van der Waals surface area contributed by atoms with Gasteiger partial charge in [-0.25, -0.2) is 0 Å². The minimum atomic E-state index is -0.665. The van der Waals surface area contributed by atoms with E-state index in [1.807, 2.05) is 31.2 Å². The van der Waals surface area contributed by atoms with Crippen LogP contribution >= 0.6 is 12.4 Å². The van der Waals surface area contributed by atoms with Crippen LogP contribution in [-0.4, -0.2) is 11.4 Å². The van der Waals surface area contributed by atoms with Crippen molar-refractivity contribution in [1.82, 2.24) is 0 Å². The van der Waals surface area contributed by atoms with Gasteiger partial charge in [-0.05, 0) is 37.5 Å². The van der Waals surface area contributed by atoms with E-state index in [1.54, 1.807) is 0 Å². The first kappa shape index (κ1) is 15.0. The third-order valence-electron chi connectivity index (χ3n) is 3.47. The zero-order valence-corrected chi connectivity index (χ0v) is 11.6. The van der Waals surface area contributed by atoms with Gasteiger partial charge in [-0.3, -0.25) is 4.79 Å². The number of hydrogen-bond donors (Lipinski definition) is 2. The van der Waals surface area contributed by atoms with E-state index in [-0.39, 0.29) is 18.3 Å². The summed E-state index contributed by atoms with van der Waals surface area (Å²) in [5.74, 6) is -0.0391. The smallest absolute Gasteiger partial charge is 0.244 e. The van der Waals surface area contributed by atoms with Gasteiger partial charge in [-0.1, -0.05) is 31.4 Å². The van der Waals surface area contributed by atoms with Crippen LogP contribution in [0.25, 0.3) is 0 Å². The molecule has 3 N–H and O–H groups in total. The molecule has 1 saturated carbocycles. The fourth-order valence-electron chi connectivity index (χ4n) is 2.39. The number of hydrogen-bond acceptors (Lipinski definition) is 2. The summed E-state index contributed by atoms with van der Waals surface area (Å²) >= 11 is 0. The lowest BCUT2D eigenvalue weighted by molar-refractivity contribution is -0.122. The first-order chi connectivity index (χ1) is 8.10. The zero-order valence-electron chi connectivity index (χ0n) is 10.7. The van der Waals surface area contributed by atoms with Crippen LogP contribution in [-0.2, 0) is 4.79 Å². The lowest BCUT2D eigenvalue weighted by atomic mass is 9.82. The summed E-state index contributed by atoms with van der Waals surface area (Å²) in [6, 6.07) is 7.81. The number of carbonyl (C=O) groups is 1. The number of amides is 1. The topological polar surface area (TPSA) is 55.1 Å². The van der Waals surface area contributed by atoms with Crippen LogP contribution < -0.4 is 11.1 Å². The van der Waals surface area contributed by atoms with Crippen LogP contribution in [0, 0.1) is 6.92 Å². The van der Waals surface area contributed by atoms with Gasteiger partial charge in [0.1, 0.15) is 0 Å². The number of halogens is 1. The van der Waals surface area contributed by atoms with Crippen molar-refractivity contribution >= 4 is 24.0 Å². The van der Waals surface area contributed by atoms with Crippen molar-refractivity contribution in [3.05, 3.63) is 29.8 Å². The monoisotopic (exact) mass is 268 g/mol. The Kier molecular flexibility index (Phi) is 5.17. The van der Waals surface area contributed by atoms with Gasteiger partial charge in [-0.15, -0.1) is 12.4 Å². The summed E-state index contributed by atoms with van der Waals surface area (Å²) in [6.45, 7) is 2.01. The van der Waals surface area contributed by atoms with Gasteiger partial charge in [0.25, 0.3) is 0 Å². The maximum absolute atomic E-state index is 12.2. The van der Waals surface area contributed by atoms with E-state index in [2.05, 4.69) is 5.32 Å². The highest BCUT2D eigenvalue weighted by Crippen LogP contribution is 2.27. The Labute approximate surface area is 115 Å². The largest absolute Gasteiger partial charge is 0.324 e. The van der Waals surface area contributed by atoms with E-state index in [0.29, 0.717) is 0 Å². The molecule has 1 aromatic carbocycles. The summed E-state index contributed by atoms with van der Waals surface area (Å²) < 4.78 is 0. The normalized spacial score (nSPS) is 17.7. The minimum Gasteiger partial charge on any atom is -0.324 e. The molecular weight excluding hydrogens is 248 g/mol. The molecule has 18 heavy (non-hydrogen) atoms. The molecule has 0 spiro atoms. The quantitative estimate of drug-likeness (QED) is 0.866. The molecule has 0 bridgehead atoms. The van der Waals surface area contributed by atoms with Crippen LogP contribution in [0.15, 0.2) is 24.3 Å². The van der Waals surface area contributed by atoms with Gasteiger partial charge in [0, 0.05) is 5.69 Å². The second-order valence-electron chi connectivity index (χ2n) is 5.04. The lowest BCUT2D eigenvalue weighted by Crippen LogP contribution is -2.52. The minimum absolute atomic E-state index is 0. The van der Waals surface area contributed by atoms with Gasteiger partial charge >= 0.3 is 0 Å². The maximum atomic E-state index is 12.2. The molecule has 3 nitrogen and oxygen atoms in total. The Morgan fingerprint density at radius 3 is 2.56 bits per heavy atom.